The summed E-state index contributed by atoms with van der Waals surface area (Å²) in [7, 11) is 0. The Morgan fingerprint density at radius 3 is 2.12 bits per heavy atom. The Hall–Kier alpha value is -0.930. The molecular formula is C20H36F2O2. The smallest absolute Gasteiger partial charge is 0.306 e. The second-order valence-electron chi connectivity index (χ2n) is 6.64. The molecule has 1 atom stereocenters. The standard InChI is InChI=1S/C20H36F2O2/c1-4-6-8-10-11-12-14-19(23)24-18(3)15-17-20(21,22)16-13-9-7-5-2/h15,17-18H,4-14,16H2,1-3H3/b17-15-. The normalized spacial score (nSPS) is 13.4. The van der Waals surface area contributed by atoms with Gasteiger partial charge in [-0.15, -0.1) is 0 Å². The molecule has 0 N–H and O–H groups in total. The number of alkyl halides is 2. The van der Waals surface area contributed by atoms with Crippen molar-refractivity contribution in [3.8, 4) is 0 Å². The average molecular weight is 347 g/mol. The summed E-state index contributed by atoms with van der Waals surface area (Å²) < 4.78 is 32.5. The van der Waals surface area contributed by atoms with Gasteiger partial charge in [0.2, 0.25) is 0 Å². The lowest BCUT2D eigenvalue weighted by Gasteiger charge is -2.13. The molecule has 0 aliphatic carbocycles. The van der Waals surface area contributed by atoms with E-state index in [1.54, 1.807) is 6.92 Å². The van der Waals surface area contributed by atoms with Crippen LogP contribution in [0.3, 0.4) is 0 Å². The topological polar surface area (TPSA) is 26.3 Å². The minimum absolute atomic E-state index is 0.137. The summed E-state index contributed by atoms with van der Waals surface area (Å²) in [6.07, 6.45) is 11.8. The number of halogens is 2. The number of allylic oxidation sites excluding steroid dienone is 1. The summed E-state index contributed by atoms with van der Waals surface area (Å²) in [5, 5.41) is 0. The molecular weight excluding hydrogens is 310 g/mol. The third-order valence-electron chi connectivity index (χ3n) is 4.03. The van der Waals surface area contributed by atoms with E-state index in [9.17, 15) is 13.6 Å². The highest BCUT2D eigenvalue weighted by atomic mass is 19.3. The lowest BCUT2D eigenvalue weighted by atomic mass is 10.1. The monoisotopic (exact) mass is 346 g/mol. The van der Waals surface area contributed by atoms with Crippen LogP contribution in [0.2, 0.25) is 0 Å². The van der Waals surface area contributed by atoms with E-state index in [0.717, 1.165) is 44.6 Å². The predicted octanol–water partition coefficient (Wildman–Crippen LogP) is 6.83. The van der Waals surface area contributed by atoms with Crippen LogP contribution in [-0.2, 0) is 9.53 Å². The van der Waals surface area contributed by atoms with Crippen molar-refractivity contribution in [3.63, 3.8) is 0 Å². The van der Waals surface area contributed by atoms with Crippen LogP contribution >= 0.6 is 0 Å². The van der Waals surface area contributed by atoms with E-state index in [0.29, 0.717) is 12.8 Å². The summed E-state index contributed by atoms with van der Waals surface area (Å²) >= 11 is 0. The van der Waals surface area contributed by atoms with E-state index in [1.807, 2.05) is 0 Å². The SMILES string of the molecule is CCCCCCCCC(=O)OC(C)/C=C\C(F)(F)CCCCCC. The molecule has 2 nitrogen and oxygen atoms in total. The minimum atomic E-state index is -2.81. The molecule has 0 aromatic carbocycles. The molecule has 0 aliphatic rings. The fourth-order valence-corrected chi connectivity index (χ4v) is 2.50. The van der Waals surface area contributed by atoms with E-state index in [2.05, 4.69) is 13.8 Å². The lowest BCUT2D eigenvalue weighted by Crippen LogP contribution is -2.16. The highest BCUT2D eigenvalue weighted by Crippen LogP contribution is 2.24. The molecule has 0 aromatic heterocycles. The molecule has 0 aromatic rings. The van der Waals surface area contributed by atoms with E-state index in [1.165, 1.54) is 25.3 Å². The molecule has 24 heavy (non-hydrogen) atoms. The van der Waals surface area contributed by atoms with Crippen LogP contribution in [0.4, 0.5) is 8.78 Å². The van der Waals surface area contributed by atoms with Crippen LogP contribution in [0.1, 0.15) is 97.8 Å². The van der Waals surface area contributed by atoms with Gasteiger partial charge in [-0.1, -0.05) is 65.2 Å². The molecule has 0 aliphatic heterocycles. The molecule has 0 saturated carbocycles. The Morgan fingerprint density at radius 2 is 1.50 bits per heavy atom. The van der Waals surface area contributed by atoms with E-state index >= 15 is 0 Å². The van der Waals surface area contributed by atoms with Gasteiger partial charge in [-0.2, -0.15) is 0 Å². The Morgan fingerprint density at radius 1 is 0.958 bits per heavy atom. The maximum absolute atomic E-state index is 13.7. The van der Waals surface area contributed by atoms with Crippen LogP contribution in [-0.4, -0.2) is 18.0 Å². The number of hydrogen-bond donors (Lipinski definition) is 0. The second-order valence-corrected chi connectivity index (χ2v) is 6.64. The lowest BCUT2D eigenvalue weighted by molar-refractivity contribution is -0.146. The molecule has 0 fully saturated rings. The molecule has 1 unspecified atom stereocenters. The van der Waals surface area contributed by atoms with Gasteiger partial charge in [0.25, 0.3) is 5.92 Å². The number of esters is 1. The molecule has 0 bridgehead atoms. The van der Waals surface area contributed by atoms with Crippen LogP contribution in [0.25, 0.3) is 0 Å². The summed E-state index contributed by atoms with van der Waals surface area (Å²) in [5.74, 6) is -3.11. The van der Waals surface area contributed by atoms with Crippen molar-refractivity contribution in [3.05, 3.63) is 12.2 Å². The number of carbonyl (C=O) groups excluding carboxylic acids is 1. The van der Waals surface area contributed by atoms with Gasteiger partial charge in [-0.05, 0) is 31.9 Å². The second kappa shape index (κ2) is 14.4. The first-order valence-corrected chi connectivity index (χ1v) is 9.68. The number of carbonyl (C=O) groups is 1. The summed E-state index contributed by atoms with van der Waals surface area (Å²) in [4.78, 5) is 11.7. The highest BCUT2D eigenvalue weighted by Gasteiger charge is 2.24. The van der Waals surface area contributed by atoms with Crippen molar-refractivity contribution in [1.29, 1.82) is 0 Å². The molecule has 142 valence electrons. The van der Waals surface area contributed by atoms with Crippen molar-refractivity contribution >= 4 is 5.97 Å². The van der Waals surface area contributed by atoms with Gasteiger partial charge < -0.3 is 4.74 Å². The van der Waals surface area contributed by atoms with Crippen molar-refractivity contribution in [2.24, 2.45) is 0 Å². The molecule has 0 spiro atoms. The molecule has 0 amide bonds. The molecule has 0 rings (SSSR count). The zero-order valence-corrected chi connectivity index (χ0v) is 15.8. The molecule has 0 heterocycles. The third kappa shape index (κ3) is 14.6. The van der Waals surface area contributed by atoms with Gasteiger partial charge in [0.15, 0.2) is 0 Å². The largest absolute Gasteiger partial charge is 0.458 e. The first-order chi connectivity index (χ1) is 11.4. The van der Waals surface area contributed by atoms with Crippen LogP contribution in [0.5, 0.6) is 0 Å². The fraction of sp³-hybridized carbons (Fsp3) is 0.850. The van der Waals surface area contributed by atoms with Crippen LogP contribution in [0, 0.1) is 0 Å². The maximum Gasteiger partial charge on any atom is 0.306 e. The van der Waals surface area contributed by atoms with Gasteiger partial charge in [-0.25, -0.2) is 8.78 Å². The maximum atomic E-state index is 13.7. The first-order valence-electron chi connectivity index (χ1n) is 9.68. The van der Waals surface area contributed by atoms with Crippen molar-refractivity contribution < 1.29 is 18.3 Å². The summed E-state index contributed by atoms with van der Waals surface area (Å²) in [5.41, 5.74) is 0. The average Bonchev–Trinajstić information content (AvgIpc) is 2.53. The third-order valence-corrected chi connectivity index (χ3v) is 4.03. The van der Waals surface area contributed by atoms with Gasteiger partial charge in [0, 0.05) is 12.8 Å². The number of unbranched alkanes of at least 4 members (excludes halogenated alkanes) is 8. The Balaban J connectivity index is 3.88. The fourth-order valence-electron chi connectivity index (χ4n) is 2.50. The summed E-state index contributed by atoms with van der Waals surface area (Å²) in [6.45, 7) is 5.85. The Labute approximate surface area is 147 Å². The summed E-state index contributed by atoms with van der Waals surface area (Å²) in [6, 6.07) is 0. The number of rotatable bonds is 15. The quantitative estimate of drug-likeness (QED) is 0.184. The van der Waals surface area contributed by atoms with Gasteiger partial charge in [-0.3, -0.25) is 4.79 Å². The zero-order valence-electron chi connectivity index (χ0n) is 15.8. The first kappa shape index (κ1) is 23.1. The van der Waals surface area contributed by atoms with E-state index in [4.69, 9.17) is 4.74 Å². The van der Waals surface area contributed by atoms with E-state index < -0.39 is 12.0 Å². The Bertz CT molecular complexity index is 341. The van der Waals surface area contributed by atoms with Crippen molar-refractivity contribution in [2.75, 3.05) is 0 Å². The number of hydrogen-bond acceptors (Lipinski definition) is 2. The Kier molecular flexibility index (Phi) is 13.9. The minimum Gasteiger partial charge on any atom is -0.458 e. The van der Waals surface area contributed by atoms with Crippen molar-refractivity contribution in [2.45, 2.75) is 110 Å². The van der Waals surface area contributed by atoms with Gasteiger partial charge in [0.05, 0.1) is 0 Å². The highest BCUT2D eigenvalue weighted by molar-refractivity contribution is 5.69. The van der Waals surface area contributed by atoms with Crippen LogP contribution < -0.4 is 0 Å². The number of ether oxygens (including phenoxy) is 1. The van der Waals surface area contributed by atoms with Gasteiger partial charge in [0.1, 0.15) is 6.10 Å². The molecule has 0 saturated heterocycles. The zero-order chi connectivity index (χ0) is 18.3. The van der Waals surface area contributed by atoms with Crippen LogP contribution in [0.15, 0.2) is 12.2 Å². The molecule has 0 radical (unpaired) electrons. The van der Waals surface area contributed by atoms with Crippen molar-refractivity contribution in [1.82, 2.24) is 0 Å². The van der Waals surface area contributed by atoms with E-state index in [-0.39, 0.29) is 12.4 Å². The van der Waals surface area contributed by atoms with Gasteiger partial charge >= 0.3 is 5.97 Å². The molecule has 4 heteroatoms. The predicted molar refractivity (Wildman–Crippen MR) is 96.4 cm³/mol.